The molecule has 0 saturated heterocycles. The molecule has 0 radical (unpaired) electrons. The zero-order valence-electron chi connectivity index (χ0n) is 14.7. The first-order valence-corrected chi connectivity index (χ1v) is 8.90. The predicted octanol–water partition coefficient (Wildman–Crippen LogP) is 3.39. The van der Waals surface area contributed by atoms with Gasteiger partial charge in [0.05, 0.1) is 5.92 Å². The van der Waals surface area contributed by atoms with Crippen molar-refractivity contribution in [2.24, 2.45) is 11.8 Å². The molecule has 5 nitrogen and oxygen atoms in total. The summed E-state index contributed by atoms with van der Waals surface area (Å²) in [5.74, 6) is -2.72. The van der Waals surface area contributed by atoms with E-state index in [1.807, 2.05) is 18.2 Å². The summed E-state index contributed by atoms with van der Waals surface area (Å²) in [5.41, 5.74) is 1.06. The number of hydrogen-bond donors (Lipinski definition) is 2. The summed E-state index contributed by atoms with van der Waals surface area (Å²) < 4.78 is 0. The molecule has 0 bridgehead atoms. The number of hydrogen-bond acceptors (Lipinski definition) is 3. The maximum atomic E-state index is 12.9. The van der Waals surface area contributed by atoms with Crippen molar-refractivity contribution >= 4 is 17.7 Å². The third-order valence-electron chi connectivity index (χ3n) is 4.83. The SMILES string of the molecule is O=C(N[C@@H](C(=O)O)c1ccccc1)[C@H]1CC=CC[C@H]1C(=O)c1ccccc1. The van der Waals surface area contributed by atoms with E-state index in [9.17, 15) is 19.5 Å². The second kappa shape index (κ2) is 8.45. The quantitative estimate of drug-likeness (QED) is 0.609. The van der Waals surface area contributed by atoms with Crippen LogP contribution in [0.15, 0.2) is 72.8 Å². The fourth-order valence-electron chi connectivity index (χ4n) is 3.39. The van der Waals surface area contributed by atoms with Gasteiger partial charge in [0.2, 0.25) is 5.91 Å². The molecule has 0 aliphatic heterocycles. The maximum Gasteiger partial charge on any atom is 0.330 e. The van der Waals surface area contributed by atoms with Crippen molar-refractivity contribution < 1.29 is 19.5 Å². The Morgan fingerprint density at radius 1 is 0.852 bits per heavy atom. The van der Waals surface area contributed by atoms with Gasteiger partial charge in [0, 0.05) is 11.5 Å². The van der Waals surface area contributed by atoms with E-state index in [2.05, 4.69) is 5.32 Å². The number of ketones is 1. The van der Waals surface area contributed by atoms with Crippen LogP contribution in [-0.4, -0.2) is 22.8 Å². The van der Waals surface area contributed by atoms with Crippen LogP contribution in [0.5, 0.6) is 0 Å². The van der Waals surface area contributed by atoms with Gasteiger partial charge in [-0.3, -0.25) is 9.59 Å². The fourth-order valence-corrected chi connectivity index (χ4v) is 3.39. The normalized spacial score (nSPS) is 19.9. The van der Waals surface area contributed by atoms with Gasteiger partial charge in [-0.15, -0.1) is 0 Å². The van der Waals surface area contributed by atoms with E-state index in [4.69, 9.17) is 0 Å². The van der Waals surface area contributed by atoms with E-state index < -0.39 is 29.8 Å². The number of carboxylic acids is 1. The summed E-state index contributed by atoms with van der Waals surface area (Å²) >= 11 is 0. The Hall–Kier alpha value is -3.21. The lowest BCUT2D eigenvalue weighted by Crippen LogP contribution is -2.42. The topological polar surface area (TPSA) is 83.5 Å². The third kappa shape index (κ3) is 4.31. The molecule has 3 atom stereocenters. The number of carbonyl (C=O) groups is 3. The molecule has 0 heterocycles. The summed E-state index contributed by atoms with van der Waals surface area (Å²) in [6.45, 7) is 0. The first-order chi connectivity index (χ1) is 13.1. The highest BCUT2D eigenvalue weighted by atomic mass is 16.4. The van der Waals surface area contributed by atoms with Crippen molar-refractivity contribution in [2.75, 3.05) is 0 Å². The van der Waals surface area contributed by atoms with Gasteiger partial charge in [-0.2, -0.15) is 0 Å². The highest BCUT2D eigenvalue weighted by Crippen LogP contribution is 2.30. The molecule has 1 aliphatic carbocycles. The lowest BCUT2D eigenvalue weighted by atomic mass is 9.77. The van der Waals surface area contributed by atoms with Crippen molar-refractivity contribution in [2.45, 2.75) is 18.9 Å². The number of aliphatic carboxylic acids is 1. The van der Waals surface area contributed by atoms with Crippen molar-refractivity contribution in [1.82, 2.24) is 5.32 Å². The molecule has 2 aromatic carbocycles. The van der Waals surface area contributed by atoms with Crippen LogP contribution in [0.2, 0.25) is 0 Å². The zero-order valence-corrected chi connectivity index (χ0v) is 14.7. The predicted molar refractivity (Wildman–Crippen MR) is 101 cm³/mol. The van der Waals surface area contributed by atoms with Gasteiger partial charge in [0.1, 0.15) is 0 Å². The Kier molecular flexibility index (Phi) is 5.81. The minimum absolute atomic E-state index is 0.0910. The monoisotopic (exact) mass is 363 g/mol. The first-order valence-electron chi connectivity index (χ1n) is 8.90. The fraction of sp³-hybridized carbons (Fsp3) is 0.227. The summed E-state index contributed by atoms with van der Waals surface area (Å²) in [6, 6.07) is 16.3. The second-order valence-corrected chi connectivity index (χ2v) is 6.58. The smallest absolute Gasteiger partial charge is 0.330 e. The van der Waals surface area contributed by atoms with Crippen LogP contribution < -0.4 is 5.32 Å². The van der Waals surface area contributed by atoms with Gasteiger partial charge >= 0.3 is 5.97 Å². The second-order valence-electron chi connectivity index (χ2n) is 6.58. The van der Waals surface area contributed by atoms with Gasteiger partial charge in [-0.1, -0.05) is 72.8 Å². The maximum absolute atomic E-state index is 12.9. The Morgan fingerprint density at radius 3 is 2.00 bits per heavy atom. The molecule has 0 fully saturated rings. The van der Waals surface area contributed by atoms with Crippen molar-refractivity contribution in [3.8, 4) is 0 Å². The lowest BCUT2D eigenvalue weighted by Gasteiger charge is -2.28. The minimum atomic E-state index is -1.14. The molecular weight excluding hydrogens is 342 g/mol. The van der Waals surface area contributed by atoms with E-state index >= 15 is 0 Å². The Morgan fingerprint density at radius 2 is 1.41 bits per heavy atom. The van der Waals surface area contributed by atoms with Crippen LogP contribution in [0.1, 0.15) is 34.8 Å². The number of carboxylic acid groups (broad SMARTS) is 1. The molecular formula is C22H21NO4. The molecule has 2 aromatic rings. The number of allylic oxidation sites excluding steroid dienone is 2. The Bertz CT molecular complexity index is 845. The van der Waals surface area contributed by atoms with Gasteiger partial charge in [0.15, 0.2) is 11.8 Å². The number of rotatable bonds is 6. The van der Waals surface area contributed by atoms with Crippen molar-refractivity contribution in [3.05, 3.63) is 83.9 Å². The molecule has 2 N–H and O–H groups in total. The van der Waals surface area contributed by atoms with Gasteiger partial charge in [-0.25, -0.2) is 4.79 Å². The number of Topliss-reactive ketones (excluding diaryl/α,β-unsaturated/α-hetero) is 1. The standard InChI is InChI=1S/C22H21NO4/c24-20(16-11-5-2-6-12-16)17-13-7-8-14-18(17)21(25)23-19(22(26)27)15-9-3-1-4-10-15/h1-12,17-19H,13-14H2,(H,23,25)(H,26,27)/t17-,18+,19-/m1/s1. The van der Waals surface area contributed by atoms with Crippen LogP contribution in [0, 0.1) is 11.8 Å². The van der Waals surface area contributed by atoms with Gasteiger partial charge < -0.3 is 10.4 Å². The lowest BCUT2D eigenvalue weighted by molar-refractivity contribution is -0.143. The van der Waals surface area contributed by atoms with Crippen LogP contribution in [-0.2, 0) is 9.59 Å². The number of carbonyl (C=O) groups excluding carboxylic acids is 2. The van der Waals surface area contributed by atoms with Gasteiger partial charge in [0.25, 0.3) is 0 Å². The van der Waals surface area contributed by atoms with Crippen molar-refractivity contribution in [1.29, 1.82) is 0 Å². The molecule has 0 saturated carbocycles. The van der Waals surface area contributed by atoms with Crippen LogP contribution in [0.3, 0.4) is 0 Å². The van der Waals surface area contributed by atoms with Crippen LogP contribution >= 0.6 is 0 Å². The molecule has 0 unspecified atom stereocenters. The highest BCUT2D eigenvalue weighted by Gasteiger charge is 2.36. The van der Waals surface area contributed by atoms with Crippen LogP contribution in [0.4, 0.5) is 0 Å². The zero-order chi connectivity index (χ0) is 19.2. The molecule has 138 valence electrons. The third-order valence-corrected chi connectivity index (χ3v) is 4.83. The summed E-state index contributed by atoms with van der Waals surface area (Å²) in [7, 11) is 0. The van der Waals surface area contributed by atoms with E-state index in [-0.39, 0.29) is 5.78 Å². The molecule has 1 aliphatic rings. The summed E-state index contributed by atoms with van der Waals surface area (Å²) in [5, 5.41) is 12.1. The molecule has 1 amide bonds. The molecule has 0 aromatic heterocycles. The molecule has 3 rings (SSSR count). The molecule has 0 spiro atoms. The van der Waals surface area contributed by atoms with E-state index in [1.54, 1.807) is 54.6 Å². The van der Waals surface area contributed by atoms with E-state index in [1.165, 1.54) is 0 Å². The Labute approximate surface area is 157 Å². The number of benzene rings is 2. The van der Waals surface area contributed by atoms with Crippen molar-refractivity contribution in [3.63, 3.8) is 0 Å². The van der Waals surface area contributed by atoms with E-state index in [0.29, 0.717) is 24.0 Å². The first kappa shape index (κ1) is 18.6. The summed E-state index contributed by atoms with van der Waals surface area (Å²) in [4.78, 5) is 37.4. The average molecular weight is 363 g/mol. The minimum Gasteiger partial charge on any atom is -0.479 e. The number of nitrogens with one attached hydrogen (secondary N) is 1. The number of amides is 1. The Balaban J connectivity index is 1.80. The highest BCUT2D eigenvalue weighted by molar-refractivity contribution is 6.01. The molecule has 27 heavy (non-hydrogen) atoms. The largest absolute Gasteiger partial charge is 0.479 e. The van der Waals surface area contributed by atoms with E-state index in [0.717, 1.165) is 0 Å². The van der Waals surface area contributed by atoms with Gasteiger partial charge in [-0.05, 0) is 18.4 Å². The molecule has 5 heteroatoms. The average Bonchev–Trinajstić information content (AvgIpc) is 2.72. The summed E-state index contributed by atoms with van der Waals surface area (Å²) in [6.07, 6.45) is 4.66. The van der Waals surface area contributed by atoms with Crippen LogP contribution in [0.25, 0.3) is 0 Å².